The summed E-state index contributed by atoms with van der Waals surface area (Å²) in [6.07, 6.45) is 2.58. The number of carbonyl (C=O) groups excluding carboxylic acids is 1. The van der Waals surface area contributed by atoms with Crippen LogP contribution >= 0.6 is 0 Å². The zero-order valence-electron chi connectivity index (χ0n) is 11.1. The van der Waals surface area contributed by atoms with Gasteiger partial charge in [-0.1, -0.05) is 0 Å². The molecule has 1 fully saturated rings. The molecule has 6 nitrogen and oxygen atoms in total. The van der Waals surface area contributed by atoms with Gasteiger partial charge in [0.1, 0.15) is 11.2 Å². The maximum Gasteiger partial charge on any atom is 0.281 e. The lowest BCUT2D eigenvalue weighted by Crippen LogP contribution is -2.36. The van der Waals surface area contributed by atoms with E-state index in [1.165, 1.54) is 12.3 Å². The predicted octanol–water partition coefficient (Wildman–Crippen LogP) is 2.45. The number of hydrogen-bond acceptors (Lipinski definition) is 5. The summed E-state index contributed by atoms with van der Waals surface area (Å²) >= 11 is 0. The van der Waals surface area contributed by atoms with Crippen LogP contribution in [0.1, 0.15) is 12.8 Å². The third-order valence-corrected chi connectivity index (χ3v) is 3.56. The van der Waals surface area contributed by atoms with Crippen LogP contribution in [0.4, 0.5) is 15.8 Å². The number of fused-ring (bicyclic) bond motifs is 1. The van der Waals surface area contributed by atoms with Crippen LogP contribution in [0.25, 0.3) is 10.9 Å². The van der Waals surface area contributed by atoms with Gasteiger partial charge in [-0.05, 0) is 18.6 Å². The molecule has 2 aromatic rings. The number of hydrogen-bond donors (Lipinski definition) is 0. The summed E-state index contributed by atoms with van der Waals surface area (Å²) in [4.78, 5) is 27.7. The molecule has 1 aromatic heterocycles. The molecule has 1 aromatic carbocycles. The molecule has 0 aliphatic carbocycles. The molecule has 0 bridgehead atoms. The first-order valence-electron chi connectivity index (χ1n) is 6.56. The summed E-state index contributed by atoms with van der Waals surface area (Å²) in [5.41, 5.74) is 0.0748. The minimum Gasteiger partial charge on any atom is -0.360 e. The first kappa shape index (κ1) is 13.4. The van der Waals surface area contributed by atoms with Crippen LogP contribution in [0.5, 0.6) is 0 Å². The van der Waals surface area contributed by atoms with Crippen molar-refractivity contribution in [2.24, 2.45) is 0 Å². The Bertz CT molecular complexity index is 748. The van der Waals surface area contributed by atoms with Gasteiger partial charge in [-0.3, -0.25) is 19.9 Å². The number of anilines is 1. The van der Waals surface area contributed by atoms with Gasteiger partial charge in [0.25, 0.3) is 5.69 Å². The standard InChI is InChI=1S/C14H12FN3O3/c15-11-7-12(18(20)21)10-4-1-5-16-13(10)14(11)17-6-2-3-9(19)8-17/h1,4-5,7H,2-3,6,8H2. The van der Waals surface area contributed by atoms with E-state index in [1.54, 1.807) is 11.0 Å². The van der Waals surface area contributed by atoms with E-state index >= 15 is 0 Å². The second-order valence-corrected chi connectivity index (χ2v) is 4.95. The molecule has 2 heterocycles. The van der Waals surface area contributed by atoms with Crippen molar-refractivity contribution in [3.63, 3.8) is 0 Å². The highest BCUT2D eigenvalue weighted by Gasteiger charge is 2.26. The van der Waals surface area contributed by atoms with E-state index in [-0.39, 0.29) is 34.6 Å². The number of Topliss-reactive ketones (excluding diaryl/α,β-unsaturated/α-hetero) is 1. The molecule has 1 aliphatic heterocycles. The highest BCUT2D eigenvalue weighted by Crippen LogP contribution is 2.35. The van der Waals surface area contributed by atoms with Crippen LogP contribution in [-0.2, 0) is 4.79 Å². The summed E-state index contributed by atoms with van der Waals surface area (Å²) in [7, 11) is 0. The fourth-order valence-corrected chi connectivity index (χ4v) is 2.66. The summed E-state index contributed by atoms with van der Waals surface area (Å²) in [6.45, 7) is 0.645. The largest absolute Gasteiger partial charge is 0.360 e. The van der Waals surface area contributed by atoms with Crippen molar-refractivity contribution in [2.75, 3.05) is 18.0 Å². The number of nitro benzene ring substituents is 1. The van der Waals surface area contributed by atoms with E-state index in [9.17, 15) is 19.3 Å². The normalized spacial score (nSPS) is 15.5. The number of piperidine rings is 1. The van der Waals surface area contributed by atoms with Gasteiger partial charge in [-0.2, -0.15) is 0 Å². The Hall–Kier alpha value is -2.57. The number of aromatic nitrogens is 1. The van der Waals surface area contributed by atoms with Crippen LogP contribution in [0.15, 0.2) is 24.4 Å². The van der Waals surface area contributed by atoms with Crippen LogP contribution in [-0.4, -0.2) is 28.8 Å². The molecule has 0 saturated carbocycles. The molecular formula is C14H12FN3O3. The number of nitrogens with zero attached hydrogens (tertiary/aromatic N) is 3. The maximum absolute atomic E-state index is 14.4. The first-order chi connectivity index (χ1) is 10.1. The summed E-state index contributed by atoms with van der Waals surface area (Å²) < 4.78 is 14.4. The molecule has 21 heavy (non-hydrogen) atoms. The molecule has 108 valence electrons. The predicted molar refractivity (Wildman–Crippen MR) is 74.8 cm³/mol. The van der Waals surface area contributed by atoms with Crippen LogP contribution in [0.3, 0.4) is 0 Å². The van der Waals surface area contributed by atoms with Crippen molar-refractivity contribution in [3.05, 3.63) is 40.3 Å². The maximum atomic E-state index is 14.4. The lowest BCUT2D eigenvalue weighted by molar-refractivity contribution is -0.383. The van der Waals surface area contributed by atoms with Gasteiger partial charge in [-0.15, -0.1) is 0 Å². The Balaban J connectivity index is 2.23. The van der Waals surface area contributed by atoms with Gasteiger partial charge in [0.15, 0.2) is 11.6 Å². The van der Waals surface area contributed by atoms with E-state index in [2.05, 4.69) is 4.98 Å². The fourth-order valence-electron chi connectivity index (χ4n) is 2.66. The molecule has 7 heteroatoms. The number of carbonyl (C=O) groups is 1. The van der Waals surface area contributed by atoms with Gasteiger partial charge in [0.05, 0.1) is 22.9 Å². The number of nitro groups is 1. The number of benzene rings is 1. The molecule has 1 saturated heterocycles. The van der Waals surface area contributed by atoms with Crippen molar-refractivity contribution < 1.29 is 14.1 Å². The molecule has 0 amide bonds. The fraction of sp³-hybridized carbons (Fsp3) is 0.286. The zero-order valence-corrected chi connectivity index (χ0v) is 11.1. The molecule has 0 N–H and O–H groups in total. The Morgan fingerprint density at radius 1 is 1.43 bits per heavy atom. The van der Waals surface area contributed by atoms with Gasteiger partial charge in [-0.25, -0.2) is 4.39 Å². The summed E-state index contributed by atoms with van der Waals surface area (Å²) in [5.74, 6) is -0.689. The molecule has 0 unspecified atom stereocenters. The molecule has 0 radical (unpaired) electrons. The van der Waals surface area contributed by atoms with E-state index < -0.39 is 10.7 Å². The van der Waals surface area contributed by atoms with Gasteiger partial charge < -0.3 is 4.90 Å². The van der Waals surface area contributed by atoms with Crippen molar-refractivity contribution in [1.82, 2.24) is 4.98 Å². The third-order valence-electron chi connectivity index (χ3n) is 3.56. The summed E-state index contributed by atoms with van der Waals surface area (Å²) in [5, 5.41) is 11.3. The van der Waals surface area contributed by atoms with Gasteiger partial charge in [0.2, 0.25) is 0 Å². The highest BCUT2D eigenvalue weighted by atomic mass is 19.1. The average molecular weight is 289 g/mol. The van der Waals surface area contributed by atoms with Crippen molar-refractivity contribution in [3.8, 4) is 0 Å². The molecule has 3 rings (SSSR count). The molecule has 0 spiro atoms. The van der Waals surface area contributed by atoms with Crippen LogP contribution in [0, 0.1) is 15.9 Å². The Labute approximate surface area is 119 Å². The topological polar surface area (TPSA) is 76.3 Å². The molecule has 0 atom stereocenters. The van der Waals surface area contributed by atoms with E-state index in [0.717, 1.165) is 6.07 Å². The number of non-ortho nitro benzene ring substituents is 1. The number of rotatable bonds is 2. The van der Waals surface area contributed by atoms with Gasteiger partial charge >= 0.3 is 0 Å². The molecule has 1 aliphatic rings. The SMILES string of the molecule is O=C1CCCN(c2c(F)cc([N+](=O)[O-])c3cccnc23)C1. The lowest BCUT2D eigenvalue weighted by atomic mass is 10.1. The van der Waals surface area contributed by atoms with Crippen LogP contribution < -0.4 is 4.90 Å². The smallest absolute Gasteiger partial charge is 0.281 e. The quantitative estimate of drug-likeness (QED) is 0.627. The number of ketones is 1. The second-order valence-electron chi connectivity index (χ2n) is 4.95. The summed E-state index contributed by atoms with van der Waals surface area (Å²) in [6, 6.07) is 4.01. The van der Waals surface area contributed by atoms with E-state index in [0.29, 0.717) is 19.4 Å². The van der Waals surface area contributed by atoms with E-state index in [1.807, 2.05) is 0 Å². The first-order valence-corrected chi connectivity index (χ1v) is 6.56. The number of halogens is 1. The zero-order chi connectivity index (χ0) is 15.0. The second kappa shape index (κ2) is 5.08. The van der Waals surface area contributed by atoms with E-state index in [4.69, 9.17) is 0 Å². The average Bonchev–Trinajstić information content (AvgIpc) is 2.46. The monoisotopic (exact) mass is 289 g/mol. The van der Waals surface area contributed by atoms with Gasteiger partial charge in [0, 0.05) is 19.2 Å². The van der Waals surface area contributed by atoms with Crippen molar-refractivity contribution >= 4 is 28.1 Å². The minimum absolute atomic E-state index is 0.0306. The number of pyridine rings is 1. The molecular weight excluding hydrogens is 277 g/mol. The highest BCUT2D eigenvalue weighted by molar-refractivity contribution is 5.99. The van der Waals surface area contributed by atoms with Crippen LogP contribution in [0.2, 0.25) is 0 Å². The minimum atomic E-state index is -0.720. The Morgan fingerprint density at radius 2 is 2.24 bits per heavy atom. The Kier molecular flexibility index (Phi) is 3.25. The Morgan fingerprint density at radius 3 is 2.95 bits per heavy atom. The van der Waals surface area contributed by atoms with Crippen molar-refractivity contribution in [1.29, 1.82) is 0 Å². The van der Waals surface area contributed by atoms with Crippen molar-refractivity contribution in [2.45, 2.75) is 12.8 Å². The lowest BCUT2D eigenvalue weighted by Gasteiger charge is -2.28. The third kappa shape index (κ3) is 2.31.